The van der Waals surface area contributed by atoms with Gasteiger partial charge in [-0.1, -0.05) is 23.5 Å². The summed E-state index contributed by atoms with van der Waals surface area (Å²) in [6, 6.07) is 0. The fourth-order valence-electron chi connectivity index (χ4n) is 1.19. The molecular weight excluding hydrogens is 216 g/mol. The highest BCUT2D eigenvalue weighted by atomic mass is 32.2. The van der Waals surface area contributed by atoms with Crippen molar-refractivity contribution in [3.05, 3.63) is 11.9 Å². The van der Waals surface area contributed by atoms with Gasteiger partial charge in [-0.3, -0.25) is 4.40 Å². The molecule has 0 aliphatic rings. The first-order valence-corrected chi connectivity index (χ1v) is 6.51. The van der Waals surface area contributed by atoms with Crippen LogP contribution in [0.25, 0.3) is 5.78 Å². The van der Waals surface area contributed by atoms with Gasteiger partial charge in [0, 0.05) is 6.20 Å². The van der Waals surface area contributed by atoms with E-state index >= 15 is 0 Å². The van der Waals surface area contributed by atoms with Crippen molar-refractivity contribution in [2.24, 2.45) is 0 Å². The number of fused-ring (bicyclic) bond motifs is 1. The van der Waals surface area contributed by atoms with Gasteiger partial charge in [-0.25, -0.2) is 4.98 Å². The molecule has 0 radical (unpaired) electrons. The third-order valence-corrected chi connectivity index (χ3v) is 2.97. The van der Waals surface area contributed by atoms with Crippen molar-refractivity contribution in [1.29, 1.82) is 0 Å². The minimum absolute atomic E-state index is 0.728. The van der Waals surface area contributed by atoms with E-state index in [0.717, 1.165) is 21.8 Å². The van der Waals surface area contributed by atoms with Gasteiger partial charge < -0.3 is 0 Å². The monoisotopic (exact) mass is 226 g/mol. The van der Waals surface area contributed by atoms with Gasteiger partial charge in [0.15, 0.2) is 10.3 Å². The van der Waals surface area contributed by atoms with Crippen LogP contribution in [0.15, 0.2) is 16.5 Å². The summed E-state index contributed by atoms with van der Waals surface area (Å²) in [6.07, 6.45) is 5.91. The van der Waals surface area contributed by atoms with Crippen molar-refractivity contribution in [2.75, 3.05) is 12.5 Å². The van der Waals surface area contributed by atoms with Gasteiger partial charge in [0.2, 0.25) is 5.78 Å². The van der Waals surface area contributed by atoms with E-state index in [1.165, 1.54) is 11.8 Å². The average Bonchev–Trinajstić information content (AvgIpc) is 2.56. The largest absolute Gasteiger partial charge is 0.262 e. The Kier molecular flexibility index (Phi) is 2.64. The summed E-state index contributed by atoms with van der Waals surface area (Å²) in [5, 5.41) is 1.70. The second-order valence-corrected chi connectivity index (χ2v) is 4.30. The van der Waals surface area contributed by atoms with Crippen LogP contribution in [-0.4, -0.2) is 31.9 Å². The van der Waals surface area contributed by atoms with Crippen LogP contribution in [0.5, 0.6) is 0 Å². The number of aromatic nitrogens is 4. The standard InChI is InChI=1S/C8H10N4S2/c1-5-4-12-6(9-5)10-7(13-2)11-8(12)14-3/h4H,1-3H3. The van der Waals surface area contributed by atoms with Gasteiger partial charge in [0.1, 0.15) is 0 Å². The van der Waals surface area contributed by atoms with Crippen LogP contribution in [0.2, 0.25) is 0 Å². The van der Waals surface area contributed by atoms with Crippen molar-refractivity contribution in [1.82, 2.24) is 19.4 Å². The Morgan fingerprint density at radius 3 is 2.57 bits per heavy atom. The predicted molar refractivity (Wildman–Crippen MR) is 59.1 cm³/mol. The van der Waals surface area contributed by atoms with Crippen LogP contribution in [0, 0.1) is 6.92 Å². The van der Waals surface area contributed by atoms with E-state index in [4.69, 9.17) is 0 Å². The van der Waals surface area contributed by atoms with Crippen LogP contribution in [0.1, 0.15) is 5.69 Å². The molecule has 6 heteroatoms. The maximum absolute atomic E-state index is 4.39. The smallest absolute Gasteiger partial charge is 0.238 e. The molecule has 0 atom stereocenters. The number of imidazole rings is 1. The Morgan fingerprint density at radius 1 is 1.14 bits per heavy atom. The lowest BCUT2D eigenvalue weighted by molar-refractivity contribution is 0.783. The maximum atomic E-state index is 4.39. The molecule has 4 nitrogen and oxygen atoms in total. The molecule has 0 spiro atoms. The molecule has 2 heterocycles. The van der Waals surface area contributed by atoms with Crippen LogP contribution in [-0.2, 0) is 0 Å². The highest BCUT2D eigenvalue weighted by molar-refractivity contribution is 7.99. The number of hydrogen-bond donors (Lipinski definition) is 0. The highest BCUT2D eigenvalue weighted by Crippen LogP contribution is 2.18. The van der Waals surface area contributed by atoms with Crippen molar-refractivity contribution >= 4 is 29.3 Å². The quantitative estimate of drug-likeness (QED) is 0.731. The van der Waals surface area contributed by atoms with Gasteiger partial charge in [0.05, 0.1) is 5.69 Å². The molecule has 0 aromatic carbocycles. The molecule has 0 aliphatic carbocycles. The van der Waals surface area contributed by atoms with E-state index in [9.17, 15) is 0 Å². The van der Waals surface area contributed by atoms with E-state index in [1.54, 1.807) is 11.8 Å². The molecule has 2 aromatic heterocycles. The number of aryl methyl sites for hydroxylation is 1. The summed E-state index contributed by atoms with van der Waals surface area (Å²) in [7, 11) is 0. The van der Waals surface area contributed by atoms with Crippen LogP contribution in [0.4, 0.5) is 0 Å². The lowest BCUT2D eigenvalue weighted by Gasteiger charge is -2.01. The molecular formula is C8H10N4S2. The molecule has 74 valence electrons. The van der Waals surface area contributed by atoms with Crippen LogP contribution < -0.4 is 0 Å². The molecule has 0 aliphatic heterocycles. The molecule has 0 bridgehead atoms. The summed E-state index contributed by atoms with van der Waals surface area (Å²) in [5.74, 6) is 0.728. The summed E-state index contributed by atoms with van der Waals surface area (Å²) >= 11 is 3.13. The molecule has 0 fully saturated rings. The molecule has 0 saturated heterocycles. The number of thioether (sulfide) groups is 2. The normalized spacial score (nSPS) is 11.1. The summed E-state index contributed by atoms with van der Waals surface area (Å²) in [4.78, 5) is 13.0. The second kappa shape index (κ2) is 3.78. The van der Waals surface area contributed by atoms with E-state index in [0.29, 0.717) is 0 Å². The number of rotatable bonds is 2. The molecule has 14 heavy (non-hydrogen) atoms. The predicted octanol–water partition coefficient (Wildman–Crippen LogP) is 1.88. The Hall–Kier alpha value is -0.750. The molecule has 0 saturated carbocycles. The lowest BCUT2D eigenvalue weighted by Crippen LogP contribution is -1.98. The molecule has 0 unspecified atom stereocenters. The zero-order chi connectivity index (χ0) is 10.1. The first-order valence-electron chi connectivity index (χ1n) is 4.06. The summed E-state index contributed by atoms with van der Waals surface area (Å²) in [5.41, 5.74) is 0.966. The van der Waals surface area contributed by atoms with E-state index < -0.39 is 0 Å². The van der Waals surface area contributed by atoms with Crippen LogP contribution >= 0.6 is 23.5 Å². The number of hydrogen-bond acceptors (Lipinski definition) is 5. The Bertz CT molecular complexity index is 466. The molecule has 2 aromatic rings. The fraction of sp³-hybridized carbons (Fsp3) is 0.375. The average molecular weight is 226 g/mol. The third kappa shape index (κ3) is 1.59. The van der Waals surface area contributed by atoms with Gasteiger partial charge in [0.25, 0.3) is 0 Å². The molecule has 0 amide bonds. The summed E-state index contributed by atoms with van der Waals surface area (Å²) in [6.45, 7) is 1.96. The van der Waals surface area contributed by atoms with Gasteiger partial charge in [-0.05, 0) is 19.4 Å². The molecule has 0 N–H and O–H groups in total. The van der Waals surface area contributed by atoms with Crippen molar-refractivity contribution in [3.63, 3.8) is 0 Å². The Balaban J connectivity index is 2.72. The third-order valence-electron chi connectivity index (χ3n) is 1.77. The maximum Gasteiger partial charge on any atom is 0.238 e. The first-order chi connectivity index (χ1) is 6.74. The van der Waals surface area contributed by atoms with Gasteiger partial charge in [-0.15, -0.1) is 0 Å². The Labute approximate surface area is 90.5 Å². The topological polar surface area (TPSA) is 43.1 Å². The van der Waals surface area contributed by atoms with Gasteiger partial charge >= 0.3 is 0 Å². The van der Waals surface area contributed by atoms with E-state index in [1.807, 2.05) is 30.0 Å². The first kappa shape index (κ1) is 9.79. The molecule has 2 rings (SSSR count). The lowest BCUT2D eigenvalue weighted by atomic mass is 10.6. The van der Waals surface area contributed by atoms with Crippen molar-refractivity contribution < 1.29 is 0 Å². The summed E-state index contributed by atoms with van der Waals surface area (Å²) < 4.78 is 1.92. The number of nitrogens with zero attached hydrogens (tertiary/aromatic N) is 4. The fourth-order valence-corrected chi connectivity index (χ4v) is 2.10. The minimum atomic E-state index is 0.728. The van der Waals surface area contributed by atoms with E-state index in [-0.39, 0.29) is 0 Å². The Morgan fingerprint density at radius 2 is 1.93 bits per heavy atom. The minimum Gasteiger partial charge on any atom is -0.262 e. The zero-order valence-electron chi connectivity index (χ0n) is 8.18. The van der Waals surface area contributed by atoms with Crippen molar-refractivity contribution in [2.45, 2.75) is 17.2 Å². The van der Waals surface area contributed by atoms with Gasteiger partial charge in [-0.2, -0.15) is 9.97 Å². The van der Waals surface area contributed by atoms with E-state index in [2.05, 4.69) is 15.0 Å². The SMILES string of the molecule is CSc1nc(SC)n2cc(C)nc2n1. The van der Waals surface area contributed by atoms with Crippen molar-refractivity contribution in [3.8, 4) is 0 Å². The van der Waals surface area contributed by atoms with Crippen LogP contribution in [0.3, 0.4) is 0 Å². The highest BCUT2D eigenvalue weighted by Gasteiger charge is 2.07. The second-order valence-electron chi connectivity index (χ2n) is 2.75. The zero-order valence-corrected chi connectivity index (χ0v) is 9.82.